The van der Waals surface area contributed by atoms with Gasteiger partial charge in [-0.3, -0.25) is 0 Å². The van der Waals surface area contributed by atoms with Crippen LogP contribution in [0.2, 0.25) is 0 Å². The molecule has 0 aliphatic carbocycles. The molecule has 96 valence electrons. The van der Waals surface area contributed by atoms with Crippen LogP contribution in [0.1, 0.15) is 28.9 Å². The summed E-state index contributed by atoms with van der Waals surface area (Å²) >= 11 is 5.57. The Morgan fingerprint density at radius 3 is 2.67 bits per heavy atom. The molecule has 0 aliphatic heterocycles. The second-order valence-corrected chi connectivity index (χ2v) is 4.21. The zero-order chi connectivity index (χ0) is 13.1. The maximum absolute atomic E-state index is 13.0. The van der Waals surface area contributed by atoms with Crippen LogP contribution in [-0.4, -0.2) is 15.0 Å². The van der Waals surface area contributed by atoms with Crippen LogP contribution in [0.3, 0.4) is 0 Å². The van der Waals surface area contributed by atoms with E-state index in [1.165, 1.54) is 4.68 Å². The summed E-state index contributed by atoms with van der Waals surface area (Å²) < 4.78 is 27.1. The summed E-state index contributed by atoms with van der Waals surface area (Å²) in [5, 5.41) is 7.43. The molecule has 0 amide bonds. The van der Waals surface area contributed by atoms with Gasteiger partial charge in [-0.1, -0.05) is 29.5 Å². The van der Waals surface area contributed by atoms with Crippen LogP contribution in [0.4, 0.5) is 8.78 Å². The molecular formula is C12H12ClF2N3. The summed E-state index contributed by atoms with van der Waals surface area (Å²) in [4.78, 5) is 0. The van der Waals surface area contributed by atoms with Crippen molar-refractivity contribution in [1.82, 2.24) is 15.0 Å². The molecule has 0 unspecified atom stereocenters. The molecule has 2 aromatic rings. The minimum Gasteiger partial charge on any atom is -0.239 e. The van der Waals surface area contributed by atoms with Crippen LogP contribution in [0.15, 0.2) is 24.3 Å². The van der Waals surface area contributed by atoms with Gasteiger partial charge in [-0.05, 0) is 18.1 Å². The Hall–Kier alpha value is -1.49. The number of nitrogens with zero attached hydrogens (tertiary/aromatic N) is 3. The first-order valence-corrected chi connectivity index (χ1v) is 5.97. The molecule has 1 heterocycles. The molecule has 0 N–H and O–H groups in total. The van der Waals surface area contributed by atoms with Gasteiger partial charge in [0.25, 0.3) is 6.43 Å². The van der Waals surface area contributed by atoms with Gasteiger partial charge in [0.05, 0.1) is 12.4 Å². The average molecular weight is 272 g/mol. The van der Waals surface area contributed by atoms with Crippen LogP contribution in [-0.2, 0) is 12.4 Å². The number of alkyl halides is 3. The average Bonchev–Trinajstić information content (AvgIpc) is 2.75. The summed E-state index contributed by atoms with van der Waals surface area (Å²) in [5.74, 6) is -0.0621. The van der Waals surface area contributed by atoms with E-state index in [0.717, 1.165) is 11.1 Å². The van der Waals surface area contributed by atoms with Crippen LogP contribution in [0, 0.1) is 6.92 Å². The summed E-state index contributed by atoms with van der Waals surface area (Å²) in [6, 6.07) is 7.57. The van der Waals surface area contributed by atoms with E-state index in [1.807, 2.05) is 31.2 Å². The standard InChI is InChI=1S/C12H12ClF2N3/c1-8-4-2-3-5-9(8)7-18-11(12(14)15)10(6-13)16-17-18/h2-5,12H,6-7H2,1H3. The molecule has 0 atom stereocenters. The van der Waals surface area contributed by atoms with E-state index in [9.17, 15) is 8.78 Å². The summed E-state index contributed by atoms with van der Waals surface area (Å²) in [7, 11) is 0. The molecule has 0 saturated heterocycles. The topological polar surface area (TPSA) is 30.7 Å². The van der Waals surface area contributed by atoms with Crippen LogP contribution >= 0.6 is 11.6 Å². The van der Waals surface area contributed by atoms with Crippen molar-refractivity contribution >= 4 is 11.6 Å². The third kappa shape index (κ3) is 2.51. The van der Waals surface area contributed by atoms with Crippen LogP contribution < -0.4 is 0 Å². The van der Waals surface area contributed by atoms with Gasteiger partial charge >= 0.3 is 0 Å². The Kier molecular flexibility index (Phi) is 3.91. The van der Waals surface area contributed by atoms with E-state index in [-0.39, 0.29) is 23.8 Å². The monoisotopic (exact) mass is 271 g/mol. The Labute approximate surface area is 108 Å². The van der Waals surface area contributed by atoms with E-state index < -0.39 is 6.43 Å². The van der Waals surface area contributed by atoms with Gasteiger partial charge in [-0.15, -0.1) is 16.7 Å². The fourth-order valence-corrected chi connectivity index (χ4v) is 1.95. The maximum Gasteiger partial charge on any atom is 0.281 e. The van der Waals surface area contributed by atoms with Crippen molar-refractivity contribution in [3.8, 4) is 0 Å². The lowest BCUT2D eigenvalue weighted by molar-refractivity contribution is 0.139. The molecular weight excluding hydrogens is 260 g/mol. The molecule has 6 heteroatoms. The zero-order valence-corrected chi connectivity index (χ0v) is 10.5. The first-order chi connectivity index (χ1) is 8.63. The van der Waals surface area contributed by atoms with Gasteiger partial charge in [0.15, 0.2) is 0 Å². The molecule has 0 radical (unpaired) electrons. The first kappa shape index (κ1) is 13.0. The van der Waals surface area contributed by atoms with Crippen LogP contribution in [0.25, 0.3) is 0 Å². The Bertz CT molecular complexity index is 540. The number of hydrogen-bond acceptors (Lipinski definition) is 2. The lowest BCUT2D eigenvalue weighted by atomic mass is 10.1. The van der Waals surface area contributed by atoms with Crippen molar-refractivity contribution in [3.63, 3.8) is 0 Å². The highest BCUT2D eigenvalue weighted by Crippen LogP contribution is 2.23. The van der Waals surface area contributed by atoms with E-state index in [0.29, 0.717) is 0 Å². The highest BCUT2D eigenvalue weighted by Gasteiger charge is 2.21. The minimum absolute atomic E-state index is 0.0621. The Balaban J connectivity index is 2.35. The molecule has 3 nitrogen and oxygen atoms in total. The maximum atomic E-state index is 13.0. The third-order valence-corrected chi connectivity index (χ3v) is 3.01. The molecule has 0 spiro atoms. The summed E-state index contributed by atoms with van der Waals surface area (Å²) in [6.07, 6.45) is -2.63. The van der Waals surface area contributed by atoms with E-state index >= 15 is 0 Å². The predicted molar refractivity (Wildman–Crippen MR) is 64.8 cm³/mol. The molecule has 0 bridgehead atoms. The molecule has 0 fully saturated rings. The minimum atomic E-state index is -2.63. The molecule has 1 aromatic heterocycles. The van der Waals surface area contributed by atoms with Crippen molar-refractivity contribution in [2.45, 2.75) is 25.8 Å². The highest BCUT2D eigenvalue weighted by atomic mass is 35.5. The van der Waals surface area contributed by atoms with Crippen molar-refractivity contribution in [1.29, 1.82) is 0 Å². The fraction of sp³-hybridized carbons (Fsp3) is 0.333. The van der Waals surface area contributed by atoms with E-state index in [1.54, 1.807) is 0 Å². The summed E-state index contributed by atoms with van der Waals surface area (Å²) in [5.41, 5.74) is 1.90. The number of rotatable bonds is 4. The Morgan fingerprint density at radius 1 is 1.33 bits per heavy atom. The fourth-order valence-electron chi connectivity index (χ4n) is 1.76. The van der Waals surface area contributed by atoms with Crippen molar-refractivity contribution in [2.24, 2.45) is 0 Å². The SMILES string of the molecule is Cc1ccccc1Cn1nnc(CCl)c1C(F)F. The second kappa shape index (κ2) is 5.44. The normalized spacial score (nSPS) is 11.2. The zero-order valence-electron chi connectivity index (χ0n) is 9.78. The molecule has 0 aliphatic rings. The van der Waals surface area contributed by atoms with Gasteiger partial charge in [-0.25, -0.2) is 13.5 Å². The number of halogens is 3. The van der Waals surface area contributed by atoms with E-state index in [2.05, 4.69) is 10.3 Å². The van der Waals surface area contributed by atoms with Gasteiger partial charge in [0.2, 0.25) is 0 Å². The molecule has 2 rings (SSSR count). The smallest absolute Gasteiger partial charge is 0.239 e. The highest BCUT2D eigenvalue weighted by molar-refractivity contribution is 6.16. The summed E-state index contributed by atoms with van der Waals surface area (Å²) in [6.45, 7) is 2.20. The number of hydrogen-bond donors (Lipinski definition) is 0. The van der Waals surface area contributed by atoms with Gasteiger partial charge < -0.3 is 0 Å². The Morgan fingerprint density at radius 2 is 2.06 bits per heavy atom. The number of aryl methyl sites for hydroxylation is 1. The second-order valence-electron chi connectivity index (χ2n) is 3.94. The van der Waals surface area contributed by atoms with Crippen molar-refractivity contribution in [3.05, 3.63) is 46.8 Å². The quantitative estimate of drug-likeness (QED) is 0.799. The van der Waals surface area contributed by atoms with Gasteiger partial charge in [0, 0.05) is 0 Å². The molecule has 0 saturated carbocycles. The first-order valence-electron chi connectivity index (χ1n) is 5.44. The lowest BCUT2D eigenvalue weighted by Crippen LogP contribution is -2.08. The van der Waals surface area contributed by atoms with Gasteiger partial charge in [-0.2, -0.15) is 0 Å². The lowest BCUT2D eigenvalue weighted by Gasteiger charge is -2.08. The predicted octanol–water partition coefficient (Wildman–Crippen LogP) is 3.31. The van der Waals surface area contributed by atoms with Gasteiger partial charge in [0.1, 0.15) is 11.4 Å². The number of benzene rings is 1. The molecule has 1 aromatic carbocycles. The van der Waals surface area contributed by atoms with Crippen LogP contribution in [0.5, 0.6) is 0 Å². The molecule has 18 heavy (non-hydrogen) atoms. The number of aromatic nitrogens is 3. The van der Waals surface area contributed by atoms with E-state index in [4.69, 9.17) is 11.6 Å². The largest absolute Gasteiger partial charge is 0.281 e. The van der Waals surface area contributed by atoms with Crippen molar-refractivity contribution < 1.29 is 8.78 Å². The van der Waals surface area contributed by atoms with Crippen molar-refractivity contribution in [2.75, 3.05) is 0 Å². The third-order valence-electron chi connectivity index (χ3n) is 2.76.